The van der Waals surface area contributed by atoms with Crippen LogP contribution in [0.2, 0.25) is 0 Å². The molecule has 3 aromatic rings. The summed E-state index contributed by atoms with van der Waals surface area (Å²) >= 11 is 0. The Morgan fingerprint density at radius 3 is 2.72 bits per heavy atom. The van der Waals surface area contributed by atoms with Gasteiger partial charge in [-0.2, -0.15) is 4.98 Å². The Labute approximate surface area is 179 Å². The van der Waals surface area contributed by atoms with Crippen LogP contribution >= 0.6 is 0 Å². The van der Waals surface area contributed by atoms with Crippen molar-refractivity contribution in [2.45, 2.75) is 24.9 Å². The number of nitrogens with one attached hydrogen (secondary N) is 2. The minimum Gasteiger partial charge on any atom is -0.406 e. The molecule has 2 aromatic heterocycles. The van der Waals surface area contributed by atoms with Crippen LogP contribution in [0.5, 0.6) is 5.75 Å². The van der Waals surface area contributed by atoms with Crippen LogP contribution in [-0.4, -0.2) is 57.0 Å². The number of halogens is 3. The maximum absolute atomic E-state index is 12.3. The van der Waals surface area contributed by atoms with Gasteiger partial charge in [0, 0.05) is 30.7 Å². The van der Waals surface area contributed by atoms with Crippen molar-refractivity contribution in [1.82, 2.24) is 30.3 Å². The third-order valence-corrected chi connectivity index (χ3v) is 4.75. The summed E-state index contributed by atoms with van der Waals surface area (Å²) in [5, 5.41) is 9.36. The Kier molecular flexibility index (Phi) is 5.90. The molecule has 0 bridgehead atoms. The normalized spacial score (nSPS) is 19.0. The van der Waals surface area contributed by atoms with Gasteiger partial charge in [-0.25, -0.2) is 9.78 Å². The van der Waals surface area contributed by atoms with Crippen molar-refractivity contribution in [3.8, 4) is 17.3 Å². The number of aromatic nitrogens is 4. The molecular formula is C19H18F3N7O3. The summed E-state index contributed by atoms with van der Waals surface area (Å²) in [7, 11) is 1.87. The van der Waals surface area contributed by atoms with Crippen LogP contribution in [0.25, 0.3) is 11.5 Å². The highest BCUT2D eigenvalue weighted by molar-refractivity contribution is 5.89. The average Bonchev–Trinajstić information content (AvgIpc) is 3.35. The number of benzene rings is 1. The predicted octanol–water partition coefficient (Wildman–Crippen LogP) is 2.99. The summed E-state index contributed by atoms with van der Waals surface area (Å²) in [5.41, 5.74) is 0.814. The van der Waals surface area contributed by atoms with Crippen LogP contribution in [-0.2, 0) is 0 Å². The van der Waals surface area contributed by atoms with E-state index in [-0.39, 0.29) is 17.8 Å². The predicted molar refractivity (Wildman–Crippen MR) is 104 cm³/mol. The highest BCUT2D eigenvalue weighted by Crippen LogP contribution is 2.30. The molecule has 1 fully saturated rings. The maximum atomic E-state index is 12.3. The number of anilines is 1. The van der Waals surface area contributed by atoms with E-state index in [0.29, 0.717) is 36.1 Å². The van der Waals surface area contributed by atoms with Gasteiger partial charge in [-0.3, -0.25) is 9.88 Å². The minimum absolute atomic E-state index is 0.197. The van der Waals surface area contributed by atoms with Crippen LogP contribution in [0.3, 0.4) is 0 Å². The van der Waals surface area contributed by atoms with Crippen molar-refractivity contribution < 1.29 is 27.2 Å². The van der Waals surface area contributed by atoms with E-state index in [2.05, 4.69) is 35.5 Å². The number of amides is 2. The van der Waals surface area contributed by atoms with Gasteiger partial charge in [-0.1, -0.05) is 5.16 Å². The van der Waals surface area contributed by atoms with E-state index in [4.69, 9.17) is 4.52 Å². The number of nitrogens with zero attached hydrogens (tertiary/aromatic N) is 5. The summed E-state index contributed by atoms with van der Waals surface area (Å²) in [4.78, 5) is 26.8. The molecule has 10 nitrogen and oxygen atoms in total. The second-order valence-electron chi connectivity index (χ2n) is 7.11. The van der Waals surface area contributed by atoms with Gasteiger partial charge in [0.15, 0.2) is 0 Å². The van der Waals surface area contributed by atoms with Gasteiger partial charge < -0.3 is 19.9 Å². The van der Waals surface area contributed by atoms with E-state index in [0.717, 1.165) is 12.1 Å². The van der Waals surface area contributed by atoms with Gasteiger partial charge in [-0.05, 0) is 37.7 Å². The van der Waals surface area contributed by atoms with E-state index in [1.165, 1.54) is 24.5 Å². The molecule has 4 rings (SSSR count). The van der Waals surface area contributed by atoms with E-state index in [1.807, 2.05) is 11.9 Å². The number of carbonyl (C=O) groups is 1. The zero-order valence-electron chi connectivity index (χ0n) is 16.7. The van der Waals surface area contributed by atoms with Crippen molar-refractivity contribution >= 4 is 11.7 Å². The number of likely N-dealkylation sites (tertiary alicyclic amines) is 1. The highest BCUT2D eigenvalue weighted by Gasteiger charge is 2.35. The number of carbonyl (C=O) groups excluding carboxylic acids is 1. The summed E-state index contributed by atoms with van der Waals surface area (Å²) in [6.07, 6.45) is 0.364. The van der Waals surface area contributed by atoms with Gasteiger partial charge in [0.05, 0.1) is 12.2 Å². The Balaban J connectivity index is 1.32. The van der Waals surface area contributed by atoms with Gasteiger partial charge in [0.25, 0.3) is 0 Å². The molecule has 0 spiro atoms. The first-order valence-electron chi connectivity index (χ1n) is 9.50. The second kappa shape index (κ2) is 8.78. The molecule has 0 aliphatic carbocycles. The van der Waals surface area contributed by atoms with Crippen LogP contribution in [0.1, 0.15) is 18.4 Å². The lowest BCUT2D eigenvalue weighted by Gasteiger charge is -2.14. The maximum Gasteiger partial charge on any atom is 0.573 e. The monoisotopic (exact) mass is 449 g/mol. The fraction of sp³-hybridized carbons (Fsp3) is 0.316. The molecular weight excluding hydrogens is 431 g/mol. The molecule has 13 heteroatoms. The molecule has 1 aliphatic heterocycles. The molecule has 168 valence electrons. The number of ether oxygens (including phenoxy) is 1. The third kappa shape index (κ3) is 5.29. The van der Waals surface area contributed by atoms with Crippen molar-refractivity contribution in [1.29, 1.82) is 0 Å². The second-order valence-corrected chi connectivity index (χ2v) is 7.11. The lowest BCUT2D eigenvalue weighted by atomic mass is 10.1. The fourth-order valence-corrected chi connectivity index (χ4v) is 3.37. The van der Waals surface area contributed by atoms with E-state index < -0.39 is 12.4 Å². The minimum atomic E-state index is -4.77. The quantitative estimate of drug-likeness (QED) is 0.610. The van der Waals surface area contributed by atoms with Crippen LogP contribution in [0.4, 0.5) is 23.7 Å². The summed E-state index contributed by atoms with van der Waals surface area (Å²) in [5.74, 6) is 0.357. The fourth-order valence-electron chi connectivity index (χ4n) is 3.37. The number of likely N-dealkylation sites (N-methyl/N-ethyl adjacent to an activating group) is 1. The van der Waals surface area contributed by atoms with Crippen molar-refractivity contribution in [2.24, 2.45) is 0 Å². The van der Waals surface area contributed by atoms with Gasteiger partial charge >= 0.3 is 12.4 Å². The Morgan fingerprint density at radius 2 is 2.03 bits per heavy atom. The lowest BCUT2D eigenvalue weighted by Crippen LogP contribution is -2.39. The molecule has 1 saturated heterocycles. The number of hydrogen-bond acceptors (Lipinski definition) is 8. The molecule has 1 aliphatic rings. The molecule has 2 N–H and O–H groups in total. The molecule has 0 unspecified atom stereocenters. The number of rotatable bonds is 5. The molecule has 3 heterocycles. The van der Waals surface area contributed by atoms with Gasteiger partial charge in [-0.15, -0.1) is 13.2 Å². The van der Waals surface area contributed by atoms with E-state index >= 15 is 0 Å². The average molecular weight is 449 g/mol. The highest BCUT2D eigenvalue weighted by atomic mass is 19.4. The molecule has 0 radical (unpaired) electrons. The summed E-state index contributed by atoms with van der Waals surface area (Å²) < 4.78 is 45.9. The molecule has 32 heavy (non-hydrogen) atoms. The first kappa shape index (κ1) is 21.5. The Hall–Kier alpha value is -3.74. The van der Waals surface area contributed by atoms with Crippen LogP contribution in [0, 0.1) is 0 Å². The molecule has 2 amide bonds. The Bertz CT molecular complexity index is 1060. The topological polar surface area (TPSA) is 118 Å². The summed E-state index contributed by atoms with van der Waals surface area (Å²) in [6.45, 7) is 0.541. The first-order chi connectivity index (χ1) is 15.3. The smallest absolute Gasteiger partial charge is 0.406 e. The zero-order chi connectivity index (χ0) is 22.7. The number of urea groups is 1. The Morgan fingerprint density at radius 1 is 1.25 bits per heavy atom. The largest absolute Gasteiger partial charge is 0.573 e. The van der Waals surface area contributed by atoms with Crippen molar-refractivity contribution in [3.63, 3.8) is 0 Å². The van der Waals surface area contributed by atoms with E-state index in [1.54, 1.807) is 6.20 Å². The molecule has 0 saturated carbocycles. The summed E-state index contributed by atoms with van der Waals surface area (Å²) in [6, 6.07) is 3.98. The SMILES string of the molecule is CN1C[C@@H](NC(=O)Nc2ccc(OC(F)(F)F)cc2)C[C@H]1c1nc(-c2cnccn2)no1. The van der Waals surface area contributed by atoms with E-state index in [9.17, 15) is 18.0 Å². The zero-order valence-corrected chi connectivity index (χ0v) is 16.7. The van der Waals surface area contributed by atoms with Gasteiger partial charge in [0.2, 0.25) is 11.7 Å². The third-order valence-electron chi connectivity index (χ3n) is 4.75. The van der Waals surface area contributed by atoms with Gasteiger partial charge in [0.1, 0.15) is 11.4 Å². The molecule has 1 aromatic carbocycles. The lowest BCUT2D eigenvalue weighted by molar-refractivity contribution is -0.274. The first-order valence-corrected chi connectivity index (χ1v) is 9.50. The van der Waals surface area contributed by atoms with Crippen LogP contribution in [0.15, 0.2) is 47.4 Å². The van der Waals surface area contributed by atoms with Crippen molar-refractivity contribution in [2.75, 3.05) is 18.9 Å². The standard InChI is InChI=1S/C19H18F3N7O3/c1-29-10-12(8-15(29)17-27-16(28-32-17)14-9-23-6-7-24-14)26-18(30)25-11-2-4-13(5-3-11)31-19(20,21)22/h2-7,9,12,15H,8,10H2,1H3,(H2,25,26,30)/t12-,15-/m0/s1. The number of alkyl halides is 3. The molecule has 2 atom stereocenters. The number of hydrogen-bond donors (Lipinski definition) is 2. The van der Waals surface area contributed by atoms with Crippen LogP contribution < -0.4 is 15.4 Å². The van der Waals surface area contributed by atoms with Crippen molar-refractivity contribution in [3.05, 3.63) is 48.7 Å².